The fraction of sp³-hybridized carbons (Fsp3) is 0.600. The van der Waals surface area contributed by atoms with Gasteiger partial charge in [0.25, 0.3) is 0 Å². The summed E-state index contributed by atoms with van der Waals surface area (Å²) in [7, 11) is 1.59. The second-order valence-corrected chi connectivity index (χ2v) is 5.96. The van der Waals surface area contributed by atoms with Gasteiger partial charge in [0, 0.05) is 42.3 Å². The maximum absolute atomic E-state index is 10.5. The Hall–Kier alpha value is -0.780. The molecule has 0 radical (unpaired) electrons. The standard InChI is InChI=1S/C15H23BrN2O2/c1-3-4-12(18-9-7-17-8-10-18)14-11(16)5-6-13(20-2)15(14)19/h5-6,12,17,19H,3-4,7-10H2,1-2H3/t12-/m0/s1. The number of halogens is 1. The van der Waals surface area contributed by atoms with E-state index in [1.54, 1.807) is 13.2 Å². The van der Waals surface area contributed by atoms with Crippen molar-refractivity contribution in [3.05, 3.63) is 22.2 Å². The van der Waals surface area contributed by atoms with Crippen LogP contribution in [0.15, 0.2) is 16.6 Å². The number of aromatic hydroxyl groups is 1. The van der Waals surface area contributed by atoms with Gasteiger partial charge in [-0.2, -0.15) is 0 Å². The molecule has 0 aromatic heterocycles. The van der Waals surface area contributed by atoms with Crippen LogP contribution < -0.4 is 10.1 Å². The monoisotopic (exact) mass is 342 g/mol. The van der Waals surface area contributed by atoms with Gasteiger partial charge in [0.2, 0.25) is 0 Å². The zero-order valence-electron chi connectivity index (χ0n) is 12.2. The van der Waals surface area contributed by atoms with Gasteiger partial charge in [-0.1, -0.05) is 29.3 Å². The predicted molar refractivity (Wildman–Crippen MR) is 84.5 cm³/mol. The highest BCUT2D eigenvalue weighted by molar-refractivity contribution is 9.10. The summed E-state index contributed by atoms with van der Waals surface area (Å²) in [5, 5.41) is 13.9. The Kier molecular flexibility index (Phi) is 5.69. The number of ether oxygens (including phenoxy) is 1. The van der Waals surface area contributed by atoms with Crippen molar-refractivity contribution in [3.63, 3.8) is 0 Å². The van der Waals surface area contributed by atoms with E-state index in [1.807, 2.05) is 6.07 Å². The summed E-state index contributed by atoms with van der Waals surface area (Å²) in [5.74, 6) is 0.804. The van der Waals surface area contributed by atoms with Crippen molar-refractivity contribution in [2.75, 3.05) is 33.3 Å². The lowest BCUT2D eigenvalue weighted by molar-refractivity contribution is 0.161. The first-order valence-electron chi connectivity index (χ1n) is 7.19. The molecule has 1 saturated heterocycles. The summed E-state index contributed by atoms with van der Waals surface area (Å²) in [5.41, 5.74) is 0.952. The van der Waals surface area contributed by atoms with Crippen LogP contribution in [0, 0.1) is 0 Å². The number of hydrogen-bond acceptors (Lipinski definition) is 4. The van der Waals surface area contributed by atoms with Gasteiger partial charge in [0.15, 0.2) is 11.5 Å². The zero-order chi connectivity index (χ0) is 14.5. The molecule has 1 atom stereocenters. The van der Waals surface area contributed by atoms with Crippen molar-refractivity contribution >= 4 is 15.9 Å². The Bertz CT molecular complexity index is 448. The van der Waals surface area contributed by atoms with E-state index in [9.17, 15) is 5.11 Å². The molecule has 20 heavy (non-hydrogen) atoms. The number of phenolic OH excluding ortho intramolecular Hbond substituents is 1. The van der Waals surface area contributed by atoms with Crippen LogP contribution in [0.3, 0.4) is 0 Å². The van der Waals surface area contributed by atoms with E-state index in [-0.39, 0.29) is 11.8 Å². The first-order chi connectivity index (χ1) is 9.69. The second-order valence-electron chi connectivity index (χ2n) is 5.10. The van der Waals surface area contributed by atoms with Gasteiger partial charge >= 0.3 is 0 Å². The fourth-order valence-corrected chi connectivity index (χ4v) is 3.41. The van der Waals surface area contributed by atoms with Crippen LogP contribution in [-0.4, -0.2) is 43.3 Å². The first kappa shape index (κ1) is 15.6. The Labute approximate surface area is 129 Å². The summed E-state index contributed by atoms with van der Waals surface area (Å²) in [6, 6.07) is 3.98. The molecule has 1 aliphatic rings. The van der Waals surface area contributed by atoms with Crippen LogP contribution in [0.2, 0.25) is 0 Å². The number of benzene rings is 1. The number of phenols is 1. The van der Waals surface area contributed by atoms with Gasteiger partial charge in [-0.25, -0.2) is 0 Å². The van der Waals surface area contributed by atoms with E-state index >= 15 is 0 Å². The highest BCUT2D eigenvalue weighted by Crippen LogP contribution is 2.42. The molecule has 5 heteroatoms. The third kappa shape index (κ3) is 3.27. The molecular weight excluding hydrogens is 320 g/mol. The normalized spacial score (nSPS) is 17.9. The van der Waals surface area contributed by atoms with Crippen LogP contribution in [0.25, 0.3) is 0 Å². The van der Waals surface area contributed by atoms with Crippen LogP contribution in [0.4, 0.5) is 0 Å². The maximum Gasteiger partial charge on any atom is 0.163 e. The minimum absolute atomic E-state index is 0.228. The summed E-state index contributed by atoms with van der Waals surface area (Å²) in [6.07, 6.45) is 2.11. The molecule has 1 aliphatic heterocycles. The Morgan fingerprint density at radius 1 is 1.40 bits per heavy atom. The van der Waals surface area contributed by atoms with Crippen LogP contribution in [-0.2, 0) is 0 Å². The van der Waals surface area contributed by atoms with Crippen molar-refractivity contribution in [1.82, 2.24) is 10.2 Å². The van der Waals surface area contributed by atoms with E-state index in [1.165, 1.54) is 0 Å². The number of nitrogens with zero attached hydrogens (tertiary/aromatic N) is 1. The number of hydrogen-bond donors (Lipinski definition) is 2. The Balaban J connectivity index is 2.37. The summed E-state index contributed by atoms with van der Waals surface area (Å²) >= 11 is 3.59. The van der Waals surface area contributed by atoms with Crippen LogP contribution in [0.5, 0.6) is 11.5 Å². The van der Waals surface area contributed by atoms with Crippen molar-refractivity contribution < 1.29 is 9.84 Å². The predicted octanol–water partition coefficient (Wildman–Crippen LogP) is 2.91. The summed E-state index contributed by atoms with van der Waals surface area (Å²) in [6.45, 7) is 6.20. The largest absolute Gasteiger partial charge is 0.504 e. The third-order valence-electron chi connectivity index (χ3n) is 3.83. The second kappa shape index (κ2) is 7.29. The lowest BCUT2D eigenvalue weighted by Crippen LogP contribution is -2.45. The molecule has 1 fully saturated rings. The molecule has 2 N–H and O–H groups in total. The van der Waals surface area contributed by atoms with E-state index < -0.39 is 0 Å². The number of methoxy groups -OCH3 is 1. The molecule has 0 unspecified atom stereocenters. The minimum Gasteiger partial charge on any atom is -0.504 e. The molecule has 2 rings (SSSR count). The molecule has 4 nitrogen and oxygen atoms in total. The molecule has 0 amide bonds. The number of nitrogens with one attached hydrogen (secondary N) is 1. The molecule has 1 aromatic rings. The molecule has 112 valence electrons. The lowest BCUT2D eigenvalue weighted by atomic mass is 9.98. The Morgan fingerprint density at radius 2 is 2.10 bits per heavy atom. The molecule has 0 spiro atoms. The van der Waals surface area contributed by atoms with E-state index in [2.05, 4.69) is 33.1 Å². The van der Waals surface area contributed by atoms with Crippen molar-refractivity contribution in [1.29, 1.82) is 0 Å². The maximum atomic E-state index is 10.5. The first-order valence-corrected chi connectivity index (χ1v) is 7.98. The highest BCUT2D eigenvalue weighted by atomic mass is 79.9. The van der Waals surface area contributed by atoms with Crippen LogP contribution >= 0.6 is 15.9 Å². The van der Waals surface area contributed by atoms with Gasteiger partial charge in [0.05, 0.1) is 7.11 Å². The van der Waals surface area contributed by atoms with E-state index in [0.717, 1.165) is 49.1 Å². The molecular formula is C15H23BrN2O2. The molecule has 0 bridgehead atoms. The van der Waals surface area contributed by atoms with Gasteiger partial charge in [-0.05, 0) is 18.6 Å². The molecule has 0 aliphatic carbocycles. The van der Waals surface area contributed by atoms with E-state index in [4.69, 9.17) is 4.74 Å². The average molecular weight is 343 g/mol. The lowest BCUT2D eigenvalue weighted by Gasteiger charge is -2.36. The third-order valence-corrected chi connectivity index (χ3v) is 4.53. The SMILES string of the molecule is CCC[C@@H](c1c(Br)ccc(OC)c1O)N1CCNCC1. The quantitative estimate of drug-likeness (QED) is 0.863. The van der Waals surface area contributed by atoms with Gasteiger partial charge < -0.3 is 15.2 Å². The van der Waals surface area contributed by atoms with Crippen molar-refractivity contribution in [2.45, 2.75) is 25.8 Å². The molecule has 1 heterocycles. The van der Waals surface area contributed by atoms with Gasteiger partial charge in [0.1, 0.15) is 0 Å². The molecule has 0 saturated carbocycles. The Morgan fingerprint density at radius 3 is 2.70 bits per heavy atom. The fourth-order valence-electron chi connectivity index (χ4n) is 2.82. The van der Waals surface area contributed by atoms with E-state index in [0.29, 0.717) is 5.75 Å². The average Bonchev–Trinajstić information content (AvgIpc) is 2.47. The van der Waals surface area contributed by atoms with Gasteiger partial charge in [-0.15, -0.1) is 0 Å². The highest BCUT2D eigenvalue weighted by Gasteiger charge is 2.27. The van der Waals surface area contributed by atoms with Crippen molar-refractivity contribution in [3.8, 4) is 11.5 Å². The zero-order valence-corrected chi connectivity index (χ0v) is 13.7. The van der Waals surface area contributed by atoms with Crippen LogP contribution in [0.1, 0.15) is 31.4 Å². The number of rotatable bonds is 5. The van der Waals surface area contributed by atoms with Gasteiger partial charge in [-0.3, -0.25) is 4.90 Å². The summed E-state index contributed by atoms with van der Waals surface area (Å²) in [4.78, 5) is 2.44. The molecule has 1 aromatic carbocycles. The smallest absolute Gasteiger partial charge is 0.163 e. The topological polar surface area (TPSA) is 44.7 Å². The number of piperazine rings is 1. The minimum atomic E-state index is 0.228. The summed E-state index contributed by atoms with van der Waals surface area (Å²) < 4.78 is 6.21. The van der Waals surface area contributed by atoms with Crippen molar-refractivity contribution in [2.24, 2.45) is 0 Å².